The topological polar surface area (TPSA) is 77.0 Å². The predicted octanol–water partition coefficient (Wildman–Crippen LogP) is 2.85. The van der Waals surface area contributed by atoms with E-state index in [2.05, 4.69) is 16.2 Å². The molecular weight excluding hydrogens is 259 g/mol. The summed E-state index contributed by atoms with van der Waals surface area (Å²) in [6.07, 6.45) is 0. The minimum atomic E-state index is -0.544. The molecule has 3 N–H and O–H groups in total. The zero-order valence-corrected chi connectivity index (χ0v) is 10.4. The van der Waals surface area contributed by atoms with Gasteiger partial charge >= 0.3 is 6.03 Å². The fourth-order valence-electron chi connectivity index (χ4n) is 1.52. The summed E-state index contributed by atoms with van der Waals surface area (Å²) in [5.74, 6) is -0.433. The summed E-state index contributed by atoms with van der Waals surface area (Å²) in [6.45, 7) is 0. The van der Waals surface area contributed by atoms with Crippen molar-refractivity contribution in [1.82, 2.24) is 5.43 Å². The van der Waals surface area contributed by atoms with Crippen LogP contribution in [0.2, 0.25) is 0 Å². The summed E-state index contributed by atoms with van der Waals surface area (Å²) in [4.78, 5) is 11.6. The second kappa shape index (κ2) is 6.20. The molecule has 0 spiro atoms. The number of hydrogen-bond acceptors (Lipinski definition) is 3. The van der Waals surface area contributed by atoms with Crippen molar-refractivity contribution in [2.24, 2.45) is 0 Å². The van der Waals surface area contributed by atoms with Crippen LogP contribution in [0.15, 0.2) is 48.5 Å². The number of nitrogens with zero attached hydrogens (tertiary/aromatic N) is 1. The van der Waals surface area contributed by atoms with Crippen LogP contribution in [0.1, 0.15) is 5.56 Å². The maximum atomic E-state index is 12.9. The molecule has 0 saturated heterocycles. The molecule has 0 radical (unpaired) electrons. The molecule has 0 bridgehead atoms. The first kappa shape index (κ1) is 13.4. The van der Waals surface area contributed by atoms with E-state index in [1.54, 1.807) is 30.3 Å². The van der Waals surface area contributed by atoms with Crippen molar-refractivity contribution in [3.05, 3.63) is 59.9 Å². The second-order valence-corrected chi connectivity index (χ2v) is 3.91. The van der Waals surface area contributed by atoms with Crippen LogP contribution in [-0.4, -0.2) is 6.03 Å². The lowest BCUT2D eigenvalue weighted by Gasteiger charge is -2.10. The Kier molecular flexibility index (Phi) is 4.14. The number of nitriles is 1. The highest BCUT2D eigenvalue weighted by atomic mass is 19.1. The summed E-state index contributed by atoms with van der Waals surface area (Å²) >= 11 is 0. The number of halogens is 1. The predicted molar refractivity (Wildman–Crippen MR) is 73.3 cm³/mol. The number of anilines is 2. The molecule has 0 aliphatic heterocycles. The van der Waals surface area contributed by atoms with Gasteiger partial charge in [-0.3, -0.25) is 10.9 Å². The Labute approximate surface area is 115 Å². The molecule has 0 unspecified atom stereocenters. The zero-order chi connectivity index (χ0) is 14.4. The van der Waals surface area contributed by atoms with Crippen molar-refractivity contribution in [1.29, 1.82) is 5.26 Å². The smallest absolute Gasteiger partial charge is 0.306 e. The van der Waals surface area contributed by atoms with Gasteiger partial charge in [-0.1, -0.05) is 12.1 Å². The van der Waals surface area contributed by atoms with E-state index in [1.165, 1.54) is 18.2 Å². The van der Waals surface area contributed by atoms with E-state index in [0.717, 1.165) is 0 Å². The third kappa shape index (κ3) is 3.71. The first-order valence-electron chi connectivity index (χ1n) is 5.76. The highest BCUT2D eigenvalue weighted by molar-refractivity contribution is 5.89. The Morgan fingerprint density at radius 3 is 2.60 bits per heavy atom. The van der Waals surface area contributed by atoms with Crippen molar-refractivity contribution in [3.8, 4) is 6.07 Å². The summed E-state index contributed by atoms with van der Waals surface area (Å²) in [7, 11) is 0. The first-order valence-corrected chi connectivity index (χ1v) is 5.76. The third-order valence-electron chi connectivity index (χ3n) is 2.39. The molecule has 0 fully saturated rings. The van der Waals surface area contributed by atoms with Gasteiger partial charge in [0.2, 0.25) is 0 Å². The van der Waals surface area contributed by atoms with Crippen molar-refractivity contribution in [2.75, 3.05) is 10.7 Å². The average Bonchev–Trinajstić information content (AvgIpc) is 2.45. The molecule has 2 rings (SSSR count). The summed E-state index contributed by atoms with van der Waals surface area (Å²) < 4.78 is 12.9. The van der Waals surface area contributed by atoms with Crippen LogP contribution in [0.4, 0.5) is 20.6 Å². The van der Waals surface area contributed by atoms with Crippen LogP contribution in [0.5, 0.6) is 0 Å². The third-order valence-corrected chi connectivity index (χ3v) is 2.39. The van der Waals surface area contributed by atoms with Crippen molar-refractivity contribution < 1.29 is 9.18 Å². The van der Waals surface area contributed by atoms with Crippen LogP contribution >= 0.6 is 0 Å². The fourth-order valence-corrected chi connectivity index (χ4v) is 1.52. The molecule has 0 atom stereocenters. The number of urea groups is 1. The van der Waals surface area contributed by atoms with Crippen molar-refractivity contribution in [2.45, 2.75) is 0 Å². The Balaban J connectivity index is 1.90. The van der Waals surface area contributed by atoms with Gasteiger partial charge in [0.05, 0.1) is 17.3 Å². The molecule has 0 heterocycles. The molecular formula is C14H11FN4O. The van der Waals surface area contributed by atoms with Gasteiger partial charge in [0.1, 0.15) is 5.82 Å². The van der Waals surface area contributed by atoms with E-state index in [4.69, 9.17) is 5.26 Å². The van der Waals surface area contributed by atoms with Gasteiger partial charge in [-0.05, 0) is 36.4 Å². The van der Waals surface area contributed by atoms with Crippen molar-refractivity contribution >= 4 is 17.4 Å². The average molecular weight is 270 g/mol. The van der Waals surface area contributed by atoms with E-state index in [-0.39, 0.29) is 0 Å². The number of carbonyl (C=O) groups is 1. The summed E-state index contributed by atoms with van der Waals surface area (Å²) in [5.41, 5.74) is 6.42. The number of amides is 2. The lowest BCUT2D eigenvalue weighted by Crippen LogP contribution is -2.33. The number of hydrogen-bond donors (Lipinski definition) is 3. The molecule has 0 aliphatic rings. The molecule has 2 aromatic carbocycles. The van der Waals surface area contributed by atoms with E-state index >= 15 is 0 Å². The number of hydrazine groups is 1. The van der Waals surface area contributed by atoms with Crippen LogP contribution in [-0.2, 0) is 0 Å². The Bertz CT molecular complexity index is 666. The van der Waals surface area contributed by atoms with Crippen LogP contribution in [0.3, 0.4) is 0 Å². The summed E-state index contributed by atoms with van der Waals surface area (Å²) in [5, 5.41) is 11.2. The lowest BCUT2D eigenvalue weighted by atomic mass is 10.2. The SMILES string of the molecule is N#Cc1cccc(NNC(=O)Nc2cccc(F)c2)c1. The quantitative estimate of drug-likeness (QED) is 0.750. The van der Waals surface area contributed by atoms with E-state index in [1.807, 2.05) is 6.07 Å². The highest BCUT2D eigenvalue weighted by Gasteiger charge is 2.02. The lowest BCUT2D eigenvalue weighted by molar-refractivity contribution is 0.254. The van der Waals surface area contributed by atoms with Crippen LogP contribution < -0.4 is 16.2 Å². The normalized spacial score (nSPS) is 9.40. The Morgan fingerprint density at radius 2 is 1.85 bits per heavy atom. The summed E-state index contributed by atoms with van der Waals surface area (Å²) in [6, 6.07) is 13.6. The molecule has 6 heteroatoms. The van der Waals surface area contributed by atoms with Gasteiger partial charge in [-0.2, -0.15) is 5.26 Å². The van der Waals surface area contributed by atoms with Crippen LogP contribution in [0, 0.1) is 17.1 Å². The molecule has 100 valence electrons. The van der Waals surface area contributed by atoms with Crippen molar-refractivity contribution in [3.63, 3.8) is 0 Å². The second-order valence-electron chi connectivity index (χ2n) is 3.91. The minimum Gasteiger partial charge on any atom is -0.306 e. The van der Waals surface area contributed by atoms with Gasteiger partial charge in [0.25, 0.3) is 0 Å². The molecule has 0 aliphatic carbocycles. The standard InChI is InChI=1S/C14H11FN4O/c15-11-4-2-5-12(8-11)17-14(20)19-18-13-6-1-3-10(7-13)9-16/h1-8,18H,(H2,17,19,20). The van der Waals surface area contributed by atoms with Gasteiger partial charge in [-0.25, -0.2) is 9.18 Å². The molecule has 20 heavy (non-hydrogen) atoms. The zero-order valence-electron chi connectivity index (χ0n) is 10.4. The molecule has 5 nitrogen and oxygen atoms in total. The number of benzene rings is 2. The molecule has 2 aromatic rings. The maximum absolute atomic E-state index is 12.9. The van der Waals surface area contributed by atoms with Gasteiger partial charge in [0, 0.05) is 5.69 Å². The van der Waals surface area contributed by atoms with Gasteiger partial charge < -0.3 is 5.32 Å². The van der Waals surface area contributed by atoms with E-state index in [9.17, 15) is 9.18 Å². The van der Waals surface area contributed by atoms with E-state index in [0.29, 0.717) is 16.9 Å². The fraction of sp³-hybridized carbons (Fsp3) is 0. The van der Waals surface area contributed by atoms with Gasteiger partial charge in [-0.15, -0.1) is 0 Å². The van der Waals surface area contributed by atoms with E-state index < -0.39 is 11.8 Å². The molecule has 2 amide bonds. The highest BCUT2D eigenvalue weighted by Crippen LogP contribution is 2.10. The number of rotatable bonds is 3. The monoisotopic (exact) mass is 270 g/mol. The molecule has 0 saturated carbocycles. The number of nitrogens with one attached hydrogen (secondary N) is 3. The minimum absolute atomic E-state index is 0.343. The molecule has 0 aromatic heterocycles. The Hall–Kier alpha value is -3.07. The number of carbonyl (C=O) groups excluding carboxylic acids is 1. The van der Waals surface area contributed by atoms with Crippen LogP contribution in [0.25, 0.3) is 0 Å². The largest absolute Gasteiger partial charge is 0.337 e. The maximum Gasteiger partial charge on any atom is 0.337 e. The van der Waals surface area contributed by atoms with Gasteiger partial charge in [0.15, 0.2) is 0 Å². The first-order chi connectivity index (χ1) is 9.67. The Morgan fingerprint density at radius 1 is 1.10 bits per heavy atom.